The van der Waals surface area contributed by atoms with Crippen LogP contribution in [0.4, 0.5) is 0 Å². The Bertz CT molecular complexity index is 116. The van der Waals surface area contributed by atoms with Gasteiger partial charge in [-0.25, -0.2) is 5.32 Å². The summed E-state index contributed by atoms with van der Waals surface area (Å²) < 4.78 is 0. The number of piperidine rings is 1. The Hall–Kier alpha value is -0.370. The molecule has 1 aliphatic heterocycles. The minimum atomic E-state index is 0.336. The van der Waals surface area contributed by atoms with Crippen molar-refractivity contribution >= 4 is 5.78 Å². The summed E-state index contributed by atoms with van der Waals surface area (Å²) in [6.07, 6.45) is 2.68. The van der Waals surface area contributed by atoms with Crippen LogP contribution in [0, 0.1) is 5.92 Å². The van der Waals surface area contributed by atoms with Gasteiger partial charge < -0.3 is 0 Å². The lowest BCUT2D eigenvalue weighted by Crippen LogP contribution is -2.27. The molecule has 0 saturated carbocycles. The third kappa shape index (κ3) is 1.81. The lowest BCUT2D eigenvalue weighted by Gasteiger charge is -2.19. The Morgan fingerprint density at radius 3 is 2.60 bits per heavy atom. The molecular formula is C8H14NO. The van der Waals surface area contributed by atoms with Gasteiger partial charge in [0.1, 0.15) is 5.78 Å². The number of nitrogens with zero attached hydrogens (tertiary/aromatic N) is 1. The molecule has 0 aromatic heterocycles. The van der Waals surface area contributed by atoms with Crippen molar-refractivity contribution in [3.8, 4) is 0 Å². The third-order valence-corrected chi connectivity index (χ3v) is 2.08. The van der Waals surface area contributed by atoms with Crippen LogP contribution in [-0.4, -0.2) is 18.9 Å². The summed E-state index contributed by atoms with van der Waals surface area (Å²) in [6, 6.07) is 0. The molecule has 0 bridgehead atoms. The predicted molar refractivity (Wildman–Crippen MR) is 39.9 cm³/mol. The van der Waals surface area contributed by atoms with E-state index in [1.54, 1.807) is 0 Å². The van der Waals surface area contributed by atoms with Crippen molar-refractivity contribution in [1.82, 2.24) is 5.32 Å². The Kier molecular flexibility index (Phi) is 2.87. The molecule has 1 saturated heterocycles. The Morgan fingerprint density at radius 1 is 1.50 bits per heavy atom. The van der Waals surface area contributed by atoms with Crippen molar-refractivity contribution in [2.75, 3.05) is 13.1 Å². The van der Waals surface area contributed by atoms with Gasteiger partial charge in [-0.2, -0.15) is 0 Å². The van der Waals surface area contributed by atoms with Gasteiger partial charge in [0.2, 0.25) is 0 Å². The van der Waals surface area contributed by atoms with Gasteiger partial charge in [-0.05, 0) is 12.8 Å². The maximum Gasteiger partial charge on any atom is 0.135 e. The summed E-state index contributed by atoms with van der Waals surface area (Å²) in [6.45, 7) is 3.74. The lowest BCUT2D eigenvalue weighted by molar-refractivity contribution is -0.123. The Balaban J connectivity index is 2.31. The fraction of sp³-hybridized carbons (Fsp3) is 0.875. The van der Waals surface area contributed by atoms with Gasteiger partial charge in [0, 0.05) is 25.4 Å². The van der Waals surface area contributed by atoms with Gasteiger partial charge in [0.15, 0.2) is 0 Å². The minimum Gasteiger partial charge on any atom is -0.299 e. The molecule has 2 nitrogen and oxygen atoms in total. The monoisotopic (exact) mass is 140 g/mol. The molecule has 10 heavy (non-hydrogen) atoms. The Labute approximate surface area is 62.0 Å². The average Bonchev–Trinajstić information content (AvgIpc) is 2.05. The largest absolute Gasteiger partial charge is 0.299 e. The third-order valence-electron chi connectivity index (χ3n) is 2.08. The molecule has 0 aliphatic carbocycles. The van der Waals surface area contributed by atoms with E-state index in [1.165, 1.54) is 0 Å². The van der Waals surface area contributed by atoms with Crippen molar-refractivity contribution < 1.29 is 4.79 Å². The van der Waals surface area contributed by atoms with E-state index < -0.39 is 0 Å². The summed E-state index contributed by atoms with van der Waals surface area (Å²) in [4.78, 5) is 11.1. The van der Waals surface area contributed by atoms with Crippen molar-refractivity contribution in [1.29, 1.82) is 0 Å². The van der Waals surface area contributed by atoms with Crippen LogP contribution in [0.3, 0.4) is 0 Å². The fourth-order valence-electron chi connectivity index (χ4n) is 1.36. The molecule has 0 aromatic carbocycles. The maximum atomic E-state index is 11.1. The van der Waals surface area contributed by atoms with E-state index in [0.29, 0.717) is 18.1 Å². The summed E-state index contributed by atoms with van der Waals surface area (Å²) in [7, 11) is 0. The van der Waals surface area contributed by atoms with Gasteiger partial charge in [-0.15, -0.1) is 0 Å². The summed E-state index contributed by atoms with van der Waals surface area (Å²) in [5, 5.41) is 4.19. The van der Waals surface area contributed by atoms with Crippen molar-refractivity contribution in [2.24, 2.45) is 5.92 Å². The second-order valence-corrected chi connectivity index (χ2v) is 2.76. The highest BCUT2D eigenvalue weighted by Gasteiger charge is 2.18. The lowest BCUT2D eigenvalue weighted by atomic mass is 9.92. The molecule has 0 N–H and O–H groups in total. The standard InChI is InChI=1S/C8H14NO/c1-2-8(10)7-3-5-9-6-4-7/h7H,2-6H2,1H3. The highest BCUT2D eigenvalue weighted by atomic mass is 16.1. The van der Waals surface area contributed by atoms with E-state index >= 15 is 0 Å². The molecule has 2 heteroatoms. The first kappa shape index (κ1) is 7.73. The molecule has 1 radical (unpaired) electrons. The van der Waals surface area contributed by atoms with Gasteiger partial charge in [0.05, 0.1) is 0 Å². The average molecular weight is 140 g/mol. The van der Waals surface area contributed by atoms with Crippen LogP contribution >= 0.6 is 0 Å². The number of Topliss-reactive ketones (excluding diaryl/α,β-unsaturated/α-hetero) is 1. The van der Waals surface area contributed by atoms with Crippen LogP contribution in [0.5, 0.6) is 0 Å². The zero-order valence-electron chi connectivity index (χ0n) is 6.47. The van der Waals surface area contributed by atoms with Crippen LogP contribution in [0.25, 0.3) is 0 Å². The maximum absolute atomic E-state index is 11.1. The minimum absolute atomic E-state index is 0.336. The molecular weight excluding hydrogens is 126 g/mol. The zero-order chi connectivity index (χ0) is 7.40. The van der Waals surface area contributed by atoms with Crippen molar-refractivity contribution in [2.45, 2.75) is 26.2 Å². The molecule has 57 valence electrons. The Morgan fingerprint density at radius 2 is 2.10 bits per heavy atom. The number of hydrogen-bond acceptors (Lipinski definition) is 1. The highest BCUT2D eigenvalue weighted by molar-refractivity contribution is 5.80. The van der Waals surface area contributed by atoms with Crippen molar-refractivity contribution in [3.05, 3.63) is 0 Å². The van der Waals surface area contributed by atoms with Gasteiger partial charge >= 0.3 is 0 Å². The molecule has 1 fully saturated rings. The highest BCUT2D eigenvalue weighted by Crippen LogP contribution is 2.14. The summed E-state index contributed by atoms with van der Waals surface area (Å²) in [5.74, 6) is 0.761. The van der Waals surface area contributed by atoms with E-state index in [1.807, 2.05) is 6.92 Å². The number of rotatable bonds is 2. The number of carbonyl (C=O) groups excluding carboxylic acids is 1. The van der Waals surface area contributed by atoms with Gasteiger partial charge in [0.25, 0.3) is 0 Å². The van der Waals surface area contributed by atoms with Crippen LogP contribution in [0.1, 0.15) is 26.2 Å². The summed E-state index contributed by atoms with van der Waals surface area (Å²) in [5.41, 5.74) is 0. The second-order valence-electron chi connectivity index (χ2n) is 2.76. The van der Waals surface area contributed by atoms with Gasteiger partial charge in [-0.1, -0.05) is 6.92 Å². The number of carbonyl (C=O) groups is 1. The number of ketones is 1. The molecule has 0 atom stereocenters. The van der Waals surface area contributed by atoms with E-state index in [4.69, 9.17) is 0 Å². The number of hydrogen-bond donors (Lipinski definition) is 0. The normalized spacial score (nSPS) is 20.9. The topological polar surface area (TPSA) is 31.2 Å². The molecule has 1 aliphatic rings. The first-order valence-electron chi connectivity index (χ1n) is 4.00. The summed E-state index contributed by atoms with van der Waals surface area (Å²) >= 11 is 0. The van der Waals surface area contributed by atoms with E-state index in [2.05, 4.69) is 5.32 Å². The smallest absolute Gasteiger partial charge is 0.135 e. The quantitative estimate of drug-likeness (QED) is 0.562. The molecule has 0 spiro atoms. The van der Waals surface area contributed by atoms with Crippen LogP contribution in [-0.2, 0) is 4.79 Å². The molecule has 1 rings (SSSR count). The first-order chi connectivity index (χ1) is 4.84. The van der Waals surface area contributed by atoms with Crippen molar-refractivity contribution in [3.63, 3.8) is 0 Å². The zero-order valence-corrected chi connectivity index (χ0v) is 6.47. The molecule has 0 unspecified atom stereocenters. The molecule has 0 aromatic rings. The fourth-order valence-corrected chi connectivity index (χ4v) is 1.36. The van der Waals surface area contributed by atoms with Crippen LogP contribution in [0.2, 0.25) is 0 Å². The van der Waals surface area contributed by atoms with E-state index in [9.17, 15) is 4.79 Å². The van der Waals surface area contributed by atoms with Gasteiger partial charge in [-0.3, -0.25) is 4.79 Å². The van der Waals surface area contributed by atoms with E-state index in [0.717, 1.165) is 25.9 Å². The van der Waals surface area contributed by atoms with E-state index in [-0.39, 0.29) is 0 Å². The van der Waals surface area contributed by atoms with Crippen LogP contribution in [0.15, 0.2) is 0 Å². The first-order valence-corrected chi connectivity index (χ1v) is 4.00. The van der Waals surface area contributed by atoms with Crippen LogP contribution < -0.4 is 5.32 Å². The SMILES string of the molecule is CCC(=O)C1CC[N]CC1. The predicted octanol–water partition coefficient (Wildman–Crippen LogP) is 0.980. The second kappa shape index (κ2) is 3.71. The molecule has 1 heterocycles. The molecule has 0 amide bonds.